The average molecular weight is 318 g/mol. The minimum atomic E-state index is -0.431. The van der Waals surface area contributed by atoms with Crippen molar-refractivity contribution in [2.75, 3.05) is 11.9 Å². The van der Waals surface area contributed by atoms with Gasteiger partial charge in [-0.05, 0) is 29.5 Å². The molecule has 1 aromatic carbocycles. The maximum Gasteiger partial charge on any atom is 0.373 e. The van der Waals surface area contributed by atoms with Crippen molar-refractivity contribution in [3.05, 3.63) is 51.5 Å². The van der Waals surface area contributed by atoms with Gasteiger partial charge in [0.25, 0.3) is 4.96 Å². The van der Waals surface area contributed by atoms with Crippen molar-refractivity contribution in [1.29, 1.82) is 0 Å². The van der Waals surface area contributed by atoms with E-state index < -0.39 is 4.92 Å². The number of nitrogens with one attached hydrogen (secondary N) is 1. The summed E-state index contributed by atoms with van der Waals surface area (Å²) < 4.78 is 6.84. The van der Waals surface area contributed by atoms with Crippen molar-refractivity contribution in [1.82, 2.24) is 9.38 Å². The van der Waals surface area contributed by atoms with Gasteiger partial charge in [-0.3, -0.25) is 0 Å². The zero-order valence-electron chi connectivity index (χ0n) is 11.9. The van der Waals surface area contributed by atoms with E-state index in [-0.39, 0.29) is 11.6 Å². The molecule has 114 valence electrons. The Kier molecular flexibility index (Phi) is 4.03. The number of imidazole rings is 1. The Morgan fingerprint density at radius 3 is 3.14 bits per heavy atom. The van der Waals surface area contributed by atoms with E-state index >= 15 is 0 Å². The fourth-order valence-corrected chi connectivity index (χ4v) is 2.84. The van der Waals surface area contributed by atoms with Gasteiger partial charge in [0.1, 0.15) is 6.20 Å². The first kappa shape index (κ1) is 14.5. The predicted octanol–water partition coefficient (Wildman–Crippen LogP) is 3.58. The number of fused-ring (bicyclic) bond motifs is 1. The van der Waals surface area contributed by atoms with E-state index in [4.69, 9.17) is 4.74 Å². The van der Waals surface area contributed by atoms with Crippen LogP contribution in [0.25, 0.3) is 4.96 Å². The molecule has 22 heavy (non-hydrogen) atoms. The fourth-order valence-electron chi connectivity index (χ4n) is 2.13. The van der Waals surface area contributed by atoms with Gasteiger partial charge in [-0.15, -0.1) is 0 Å². The lowest BCUT2D eigenvalue weighted by Gasteiger charge is -2.06. The number of thiazole rings is 1. The number of aromatic nitrogens is 2. The highest BCUT2D eigenvalue weighted by atomic mass is 32.1. The molecule has 0 unspecified atom stereocenters. The molecule has 0 amide bonds. The number of ether oxygens (including phenoxy) is 1. The van der Waals surface area contributed by atoms with Gasteiger partial charge < -0.3 is 20.2 Å². The first-order valence-electron chi connectivity index (χ1n) is 6.72. The normalized spacial score (nSPS) is 11.0. The number of rotatable bonds is 6. The van der Waals surface area contributed by atoms with E-state index in [1.54, 1.807) is 11.6 Å². The predicted molar refractivity (Wildman–Crippen MR) is 84.8 cm³/mol. The second-order valence-electron chi connectivity index (χ2n) is 4.56. The molecular weight excluding hydrogens is 304 g/mol. The van der Waals surface area contributed by atoms with Crippen molar-refractivity contribution in [2.24, 2.45) is 0 Å². The third-order valence-electron chi connectivity index (χ3n) is 3.07. The number of anilines is 2. The summed E-state index contributed by atoms with van der Waals surface area (Å²) in [6, 6.07) is 7.56. The first-order valence-corrected chi connectivity index (χ1v) is 7.60. The topological polar surface area (TPSA) is 81.7 Å². The van der Waals surface area contributed by atoms with Crippen molar-refractivity contribution in [2.45, 2.75) is 13.5 Å². The molecular formula is C14H14N4O3S. The SMILES string of the molecule is CCOCc1cccc(Nc2nc3sccn3c2[N+](=O)[O-])c1. The maximum absolute atomic E-state index is 11.3. The van der Waals surface area contributed by atoms with Crippen molar-refractivity contribution < 1.29 is 9.66 Å². The summed E-state index contributed by atoms with van der Waals surface area (Å²) in [5, 5.41) is 16.1. The van der Waals surface area contributed by atoms with Crippen LogP contribution in [-0.2, 0) is 11.3 Å². The van der Waals surface area contributed by atoms with Crippen LogP contribution in [0.4, 0.5) is 17.3 Å². The van der Waals surface area contributed by atoms with E-state index in [2.05, 4.69) is 10.3 Å². The van der Waals surface area contributed by atoms with Crippen LogP contribution in [0, 0.1) is 10.1 Å². The van der Waals surface area contributed by atoms with E-state index in [0.29, 0.717) is 18.2 Å². The number of hydrogen-bond acceptors (Lipinski definition) is 6. The molecule has 7 nitrogen and oxygen atoms in total. The molecule has 0 spiro atoms. The molecule has 0 aliphatic rings. The number of nitro groups is 1. The smallest absolute Gasteiger partial charge is 0.373 e. The van der Waals surface area contributed by atoms with Crippen molar-refractivity contribution in [3.63, 3.8) is 0 Å². The lowest BCUT2D eigenvalue weighted by atomic mass is 10.2. The molecule has 0 aliphatic heterocycles. The standard InChI is InChI=1S/C14H14N4O3S/c1-2-21-9-10-4-3-5-11(8-10)15-12-13(18(19)20)17-6-7-22-14(17)16-12/h3-8,15H,2,9H2,1H3. The van der Waals surface area contributed by atoms with Gasteiger partial charge >= 0.3 is 5.82 Å². The Hall–Kier alpha value is -2.45. The highest BCUT2D eigenvalue weighted by Gasteiger charge is 2.23. The lowest BCUT2D eigenvalue weighted by molar-refractivity contribution is -0.389. The third-order valence-corrected chi connectivity index (χ3v) is 3.83. The zero-order chi connectivity index (χ0) is 15.5. The molecule has 8 heteroatoms. The highest BCUT2D eigenvalue weighted by molar-refractivity contribution is 7.15. The summed E-state index contributed by atoms with van der Waals surface area (Å²) in [7, 11) is 0. The Balaban J connectivity index is 1.91. The summed E-state index contributed by atoms with van der Waals surface area (Å²) in [6.45, 7) is 3.08. The second kappa shape index (κ2) is 6.12. The molecule has 0 aliphatic carbocycles. The van der Waals surface area contributed by atoms with Crippen LogP contribution >= 0.6 is 11.3 Å². The Morgan fingerprint density at radius 2 is 2.36 bits per heavy atom. The Morgan fingerprint density at radius 1 is 1.50 bits per heavy atom. The van der Waals surface area contributed by atoms with Crippen LogP contribution in [-0.4, -0.2) is 20.9 Å². The molecule has 0 saturated carbocycles. The summed E-state index contributed by atoms with van der Waals surface area (Å²) >= 11 is 1.35. The monoisotopic (exact) mass is 318 g/mol. The van der Waals surface area contributed by atoms with E-state index in [0.717, 1.165) is 11.3 Å². The number of nitrogens with zero attached hydrogens (tertiary/aromatic N) is 3. The molecule has 0 atom stereocenters. The fraction of sp³-hybridized carbons (Fsp3) is 0.214. The quantitative estimate of drug-likeness (QED) is 0.555. The van der Waals surface area contributed by atoms with E-state index in [9.17, 15) is 10.1 Å². The lowest BCUT2D eigenvalue weighted by Crippen LogP contribution is -1.99. The van der Waals surface area contributed by atoms with Crippen LogP contribution in [0.1, 0.15) is 12.5 Å². The van der Waals surface area contributed by atoms with Crippen LogP contribution in [0.3, 0.4) is 0 Å². The third kappa shape index (κ3) is 2.78. The van der Waals surface area contributed by atoms with Crippen LogP contribution < -0.4 is 5.32 Å². The van der Waals surface area contributed by atoms with Crippen LogP contribution in [0.15, 0.2) is 35.8 Å². The minimum absolute atomic E-state index is 0.0635. The summed E-state index contributed by atoms with van der Waals surface area (Å²) in [5.41, 5.74) is 1.74. The van der Waals surface area contributed by atoms with Gasteiger partial charge in [0.2, 0.25) is 5.82 Å². The first-order chi connectivity index (χ1) is 10.7. The van der Waals surface area contributed by atoms with Gasteiger partial charge in [0.15, 0.2) is 0 Å². The minimum Gasteiger partial charge on any atom is -0.377 e. The zero-order valence-corrected chi connectivity index (χ0v) is 12.7. The largest absolute Gasteiger partial charge is 0.377 e. The van der Waals surface area contributed by atoms with Crippen molar-refractivity contribution >= 4 is 33.6 Å². The molecule has 1 N–H and O–H groups in total. The molecule has 0 radical (unpaired) electrons. The number of hydrogen-bond donors (Lipinski definition) is 1. The summed E-state index contributed by atoms with van der Waals surface area (Å²) in [4.78, 5) is 15.7. The maximum atomic E-state index is 11.3. The molecule has 2 heterocycles. The van der Waals surface area contributed by atoms with Gasteiger partial charge in [-0.1, -0.05) is 23.5 Å². The van der Waals surface area contributed by atoms with Gasteiger partial charge in [0, 0.05) is 17.7 Å². The molecule has 0 fully saturated rings. The molecule has 0 bridgehead atoms. The van der Waals surface area contributed by atoms with E-state index in [1.165, 1.54) is 15.7 Å². The van der Waals surface area contributed by atoms with E-state index in [1.807, 2.05) is 31.2 Å². The van der Waals surface area contributed by atoms with Crippen molar-refractivity contribution in [3.8, 4) is 0 Å². The molecule has 0 saturated heterocycles. The van der Waals surface area contributed by atoms with Gasteiger partial charge in [-0.25, -0.2) is 0 Å². The van der Waals surface area contributed by atoms with Crippen LogP contribution in [0.5, 0.6) is 0 Å². The highest BCUT2D eigenvalue weighted by Crippen LogP contribution is 2.30. The Labute approximate surface area is 130 Å². The summed E-state index contributed by atoms with van der Waals surface area (Å²) in [6.07, 6.45) is 1.64. The van der Waals surface area contributed by atoms with Crippen LogP contribution in [0.2, 0.25) is 0 Å². The van der Waals surface area contributed by atoms with Gasteiger partial charge in [0.05, 0.1) is 6.61 Å². The average Bonchev–Trinajstić information content (AvgIpc) is 3.05. The number of benzene rings is 1. The molecule has 3 aromatic rings. The molecule has 2 aromatic heterocycles. The molecule has 3 rings (SSSR count). The Bertz CT molecular complexity index is 811. The second-order valence-corrected chi connectivity index (χ2v) is 5.43. The van der Waals surface area contributed by atoms with Gasteiger partial charge in [-0.2, -0.15) is 9.38 Å². The summed E-state index contributed by atoms with van der Waals surface area (Å²) in [5.74, 6) is 0.178.